The number of methoxy groups -OCH3 is 1. The van der Waals surface area contributed by atoms with Gasteiger partial charge in [0.05, 0.1) is 18.4 Å². The number of anilines is 1. The van der Waals surface area contributed by atoms with E-state index in [9.17, 15) is 4.79 Å². The number of carbonyl (C=O) groups is 1. The van der Waals surface area contributed by atoms with Crippen molar-refractivity contribution in [3.8, 4) is 5.75 Å². The number of aromatic carboxylic acids is 1. The van der Waals surface area contributed by atoms with Crippen LogP contribution < -0.4 is 10.1 Å². The summed E-state index contributed by atoms with van der Waals surface area (Å²) in [4.78, 5) is 11.2. The number of ether oxygens (including phenoxy) is 1. The molecule has 1 aliphatic rings. The van der Waals surface area contributed by atoms with Gasteiger partial charge in [-0.05, 0) is 36.8 Å². The number of aliphatic hydroxyl groups excluding tert-OH is 1. The lowest BCUT2D eigenvalue weighted by Crippen LogP contribution is -2.18. The van der Waals surface area contributed by atoms with Gasteiger partial charge in [-0.2, -0.15) is 0 Å². The first-order valence-corrected chi connectivity index (χ1v) is 6.36. The van der Waals surface area contributed by atoms with Gasteiger partial charge in [-0.1, -0.05) is 0 Å². The van der Waals surface area contributed by atoms with Crippen LogP contribution in [0.2, 0.25) is 0 Å². The summed E-state index contributed by atoms with van der Waals surface area (Å²) in [5.74, 6) is -0.336. The molecule has 2 rings (SSSR count). The third kappa shape index (κ3) is 3.17. The zero-order chi connectivity index (χ0) is 13.9. The van der Waals surface area contributed by atoms with Crippen LogP contribution in [0.15, 0.2) is 18.2 Å². The molecule has 19 heavy (non-hydrogen) atoms. The zero-order valence-electron chi connectivity index (χ0n) is 11.0. The number of carboxylic acids is 1. The number of hydrogen-bond acceptors (Lipinski definition) is 4. The lowest BCUT2D eigenvalue weighted by atomic mass is 10.0. The number of hydrogen-bond donors (Lipinski definition) is 3. The lowest BCUT2D eigenvalue weighted by molar-refractivity contribution is 0.0698. The molecule has 1 fully saturated rings. The molecule has 0 saturated heterocycles. The molecule has 0 spiro atoms. The summed E-state index contributed by atoms with van der Waals surface area (Å²) in [5.41, 5.74) is 0.935. The Morgan fingerprint density at radius 1 is 1.47 bits per heavy atom. The zero-order valence-corrected chi connectivity index (χ0v) is 11.0. The van der Waals surface area contributed by atoms with Crippen LogP contribution >= 0.6 is 0 Å². The molecule has 1 aliphatic carbocycles. The van der Waals surface area contributed by atoms with Crippen molar-refractivity contribution in [3.05, 3.63) is 23.8 Å². The number of aliphatic hydroxyl groups is 1. The van der Waals surface area contributed by atoms with E-state index in [1.165, 1.54) is 6.07 Å². The van der Waals surface area contributed by atoms with Crippen LogP contribution in [0, 0.1) is 5.41 Å². The van der Waals surface area contributed by atoms with Crippen molar-refractivity contribution in [2.24, 2.45) is 5.41 Å². The van der Waals surface area contributed by atoms with Crippen molar-refractivity contribution in [2.45, 2.75) is 19.3 Å². The minimum atomic E-state index is -0.961. The molecule has 1 aromatic rings. The average Bonchev–Trinajstić information content (AvgIpc) is 3.16. The fourth-order valence-electron chi connectivity index (χ4n) is 2.19. The maximum Gasteiger partial charge on any atom is 0.337 e. The number of nitrogens with one attached hydrogen (secondary N) is 1. The maximum absolute atomic E-state index is 11.2. The molecule has 0 atom stereocenters. The second-order valence-electron chi connectivity index (χ2n) is 5.04. The van der Waals surface area contributed by atoms with Gasteiger partial charge < -0.3 is 20.3 Å². The molecule has 0 unspecified atom stereocenters. The van der Waals surface area contributed by atoms with Crippen molar-refractivity contribution < 1.29 is 19.7 Å². The molecular formula is C14H19NO4. The molecule has 1 aromatic carbocycles. The Hall–Kier alpha value is -1.75. The molecule has 5 nitrogen and oxygen atoms in total. The van der Waals surface area contributed by atoms with Crippen molar-refractivity contribution in [3.63, 3.8) is 0 Å². The summed E-state index contributed by atoms with van der Waals surface area (Å²) < 4.78 is 5.11. The smallest absolute Gasteiger partial charge is 0.337 e. The van der Waals surface area contributed by atoms with Gasteiger partial charge in [0.15, 0.2) is 0 Å². The Kier molecular flexibility index (Phi) is 3.95. The van der Waals surface area contributed by atoms with Crippen LogP contribution in [0.3, 0.4) is 0 Å². The summed E-state index contributed by atoms with van der Waals surface area (Å²) in [5, 5.41) is 21.4. The van der Waals surface area contributed by atoms with Gasteiger partial charge >= 0.3 is 5.97 Å². The molecule has 0 amide bonds. The molecule has 104 valence electrons. The summed E-state index contributed by atoms with van der Waals surface area (Å²) >= 11 is 0. The van der Waals surface area contributed by atoms with E-state index in [1.807, 2.05) is 0 Å². The minimum Gasteiger partial charge on any atom is -0.497 e. The Morgan fingerprint density at radius 3 is 2.74 bits per heavy atom. The highest BCUT2D eigenvalue weighted by Gasteiger charge is 2.41. The number of benzene rings is 1. The Balaban J connectivity index is 2.11. The van der Waals surface area contributed by atoms with Gasteiger partial charge in [0.2, 0.25) is 0 Å². The number of rotatable bonds is 7. The summed E-state index contributed by atoms with van der Waals surface area (Å²) in [6, 6.07) is 4.86. The molecule has 0 radical (unpaired) electrons. The highest BCUT2D eigenvalue weighted by atomic mass is 16.5. The van der Waals surface area contributed by atoms with Crippen LogP contribution in [0.25, 0.3) is 0 Å². The van der Waals surface area contributed by atoms with Gasteiger partial charge in [-0.25, -0.2) is 4.79 Å². The van der Waals surface area contributed by atoms with Gasteiger partial charge in [0.25, 0.3) is 0 Å². The fraction of sp³-hybridized carbons (Fsp3) is 0.500. The molecule has 0 bridgehead atoms. The van der Waals surface area contributed by atoms with E-state index in [0.29, 0.717) is 18.0 Å². The molecule has 5 heteroatoms. The molecule has 0 heterocycles. The van der Waals surface area contributed by atoms with Gasteiger partial charge in [0.1, 0.15) is 5.75 Å². The minimum absolute atomic E-state index is 0.133. The largest absolute Gasteiger partial charge is 0.497 e. The Labute approximate surface area is 112 Å². The van der Waals surface area contributed by atoms with E-state index in [2.05, 4.69) is 5.32 Å². The second kappa shape index (κ2) is 5.48. The van der Waals surface area contributed by atoms with Crippen LogP contribution in [0.1, 0.15) is 29.6 Å². The fourth-order valence-corrected chi connectivity index (χ4v) is 2.19. The SMILES string of the molecule is COc1ccc(C(=O)O)c(NCC2(CCO)CC2)c1. The molecule has 3 N–H and O–H groups in total. The third-order valence-corrected chi connectivity index (χ3v) is 3.71. The quantitative estimate of drug-likeness (QED) is 0.702. The molecule has 0 aromatic heterocycles. The van der Waals surface area contributed by atoms with Gasteiger partial charge in [0, 0.05) is 19.2 Å². The first-order chi connectivity index (χ1) is 9.10. The number of carboxylic acid groups (broad SMARTS) is 1. The van der Waals surface area contributed by atoms with E-state index in [-0.39, 0.29) is 17.6 Å². The van der Waals surface area contributed by atoms with E-state index in [1.54, 1.807) is 19.2 Å². The first-order valence-electron chi connectivity index (χ1n) is 6.36. The maximum atomic E-state index is 11.2. The second-order valence-corrected chi connectivity index (χ2v) is 5.04. The standard InChI is InChI=1S/C14H19NO4/c1-19-10-2-3-11(13(17)18)12(8-10)15-9-14(4-5-14)6-7-16/h2-3,8,15-16H,4-7,9H2,1H3,(H,17,18). The topological polar surface area (TPSA) is 78.8 Å². The summed E-state index contributed by atoms with van der Waals surface area (Å²) in [7, 11) is 1.55. The Morgan fingerprint density at radius 2 is 2.21 bits per heavy atom. The lowest BCUT2D eigenvalue weighted by Gasteiger charge is -2.17. The monoisotopic (exact) mass is 265 g/mol. The van der Waals surface area contributed by atoms with Gasteiger partial charge in [-0.3, -0.25) is 0 Å². The van der Waals surface area contributed by atoms with Crippen molar-refractivity contribution in [2.75, 3.05) is 25.6 Å². The van der Waals surface area contributed by atoms with E-state index >= 15 is 0 Å². The molecule has 0 aliphatic heterocycles. The van der Waals surface area contributed by atoms with Crippen LogP contribution in [-0.4, -0.2) is 36.4 Å². The van der Waals surface area contributed by atoms with E-state index in [4.69, 9.17) is 14.9 Å². The van der Waals surface area contributed by atoms with Crippen molar-refractivity contribution in [1.82, 2.24) is 0 Å². The Bertz CT molecular complexity index is 469. The van der Waals surface area contributed by atoms with Crippen LogP contribution in [0.4, 0.5) is 5.69 Å². The van der Waals surface area contributed by atoms with E-state index in [0.717, 1.165) is 19.3 Å². The summed E-state index contributed by atoms with van der Waals surface area (Å²) in [6.45, 7) is 0.854. The normalized spacial score (nSPS) is 15.9. The third-order valence-electron chi connectivity index (χ3n) is 3.71. The van der Waals surface area contributed by atoms with Crippen molar-refractivity contribution in [1.29, 1.82) is 0 Å². The van der Waals surface area contributed by atoms with Crippen LogP contribution in [-0.2, 0) is 0 Å². The highest BCUT2D eigenvalue weighted by Crippen LogP contribution is 2.48. The average molecular weight is 265 g/mol. The van der Waals surface area contributed by atoms with Gasteiger partial charge in [-0.15, -0.1) is 0 Å². The molecular weight excluding hydrogens is 246 g/mol. The highest BCUT2D eigenvalue weighted by molar-refractivity contribution is 5.94. The first kappa shape index (κ1) is 13.7. The predicted molar refractivity (Wildman–Crippen MR) is 71.8 cm³/mol. The molecule has 1 saturated carbocycles. The van der Waals surface area contributed by atoms with E-state index < -0.39 is 5.97 Å². The summed E-state index contributed by atoms with van der Waals surface area (Å²) in [6.07, 6.45) is 2.91. The van der Waals surface area contributed by atoms with Crippen molar-refractivity contribution >= 4 is 11.7 Å². The van der Waals surface area contributed by atoms with Crippen LogP contribution in [0.5, 0.6) is 5.75 Å². The predicted octanol–water partition coefficient (Wildman–Crippen LogP) is 1.97.